The van der Waals surface area contributed by atoms with Crippen LogP contribution in [0.4, 0.5) is 0 Å². The Bertz CT molecular complexity index is 532. The molecule has 0 amide bonds. The molecule has 0 aromatic heterocycles. The molecule has 4 fully saturated rings. The fourth-order valence-corrected chi connectivity index (χ4v) is 9.53. The fourth-order valence-electron chi connectivity index (χ4n) is 9.53. The quantitative estimate of drug-likeness (QED) is 0.664. The second-order valence-electron chi connectivity index (χ2n) is 11.5. The van der Waals surface area contributed by atoms with Crippen LogP contribution in [0.25, 0.3) is 0 Å². The van der Waals surface area contributed by atoms with Crippen molar-refractivity contribution in [2.75, 3.05) is 6.61 Å². The minimum absolute atomic E-state index is 0.110. The van der Waals surface area contributed by atoms with Crippen LogP contribution in [0.2, 0.25) is 0 Å². The van der Waals surface area contributed by atoms with Gasteiger partial charge in [-0.25, -0.2) is 0 Å². The van der Waals surface area contributed by atoms with E-state index in [9.17, 15) is 10.2 Å². The lowest BCUT2D eigenvalue weighted by molar-refractivity contribution is -0.187. The number of hydrogen-bond acceptors (Lipinski definition) is 2. The standard InChI is InChI=1S/C25H44O2/c1-5-17-14-18-21-10-9-19(16(2)11-13-26)25(21,4)15-22(27)23(18)24(3)12-7-6-8-20(17)24/h16-23,26-27H,5-15H2,1-4H3/t16-,17-,18?,19+,20-,21?,22-,23?,24-,25?/m0/s1. The summed E-state index contributed by atoms with van der Waals surface area (Å²) >= 11 is 0. The first-order valence-electron chi connectivity index (χ1n) is 12.2. The maximum Gasteiger partial charge on any atom is 0.0581 e. The van der Waals surface area contributed by atoms with Crippen LogP contribution >= 0.6 is 0 Å². The monoisotopic (exact) mass is 376 g/mol. The second-order valence-corrected chi connectivity index (χ2v) is 11.5. The van der Waals surface area contributed by atoms with Crippen LogP contribution in [-0.2, 0) is 0 Å². The van der Waals surface area contributed by atoms with Gasteiger partial charge in [0, 0.05) is 6.61 Å². The largest absolute Gasteiger partial charge is 0.396 e. The highest BCUT2D eigenvalue weighted by Gasteiger charge is 2.64. The molecule has 2 heteroatoms. The van der Waals surface area contributed by atoms with Crippen molar-refractivity contribution in [3.05, 3.63) is 0 Å². The van der Waals surface area contributed by atoms with Gasteiger partial charge in [0.15, 0.2) is 0 Å². The molecule has 0 aromatic carbocycles. The van der Waals surface area contributed by atoms with Gasteiger partial charge in [0.2, 0.25) is 0 Å². The van der Waals surface area contributed by atoms with E-state index in [1.807, 2.05) is 0 Å². The van der Waals surface area contributed by atoms with Gasteiger partial charge in [-0.2, -0.15) is 0 Å². The topological polar surface area (TPSA) is 40.5 Å². The lowest BCUT2D eigenvalue weighted by Crippen LogP contribution is -2.60. The lowest BCUT2D eigenvalue weighted by atomic mass is 9.41. The summed E-state index contributed by atoms with van der Waals surface area (Å²) in [7, 11) is 0. The molecule has 0 spiro atoms. The SMILES string of the molecule is CC[C@H]1CC2C3CC[C@H]([C@@H](C)CCO)C3(C)C[C@H](O)C2[C@@]2(C)CCCC[C@@H]12. The summed E-state index contributed by atoms with van der Waals surface area (Å²) in [5, 5.41) is 21.1. The van der Waals surface area contributed by atoms with Crippen LogP contribution in [0.5, 0.6) is 0 Å². The third-order valence-electron chi connectivity index (χ3n) is 10.6. The molecule has 4 unspecified atom stereocenters. The average Bonchev–Trinajstić information content (AvgIpc) is 2.97. The first kappa shape index (κ1) is 20.2. The Morgan fingerprint density at radius 3 is 2.52 bits per heavy atom. The van der Waals surface area contributed by atoms with E-state index in [0.29, 0.717) is 29.8 Å². The summed E-state index contributed by atoms with van der Waals surface area (Å²) < 4.78 is 0. The molecule has 0 radical (unpaired) electrons. The molecule has 4 aliphatic carbocycles. The maximum absolute atomic E-state index is 11.6. The Kier molecular flexibility index (Phi) is 5.47. The molecule has 0 saturated heterocycles. The van der Waals surface area contributed by atoms with E-state index in [4.69, 9.17) is 0 Å². The predicted octanol–water partition coefficient (Wildman–Crippen LogP) is 5.66. The third-order valence-corrected chi connectivity index (χ3v) is 10.6. The van der Waals surface area contributed by atoms with E-state index in [-0.39, 0.29) is 11.5 Å². The van der Waals surface area contributed by atoms with Gasteiger partial charge in [0.25, 0.3) is 0 Å². The molecule has 0 aliphatic heterocycles. The Balaban J connectivity index is 1.67. The van der Waals surface area contributed by atoms with Crippen molar-refractivity contribution in [1.82, 2.24) is 0 Å². The van der Waals surface area contributed by atoms with Gasteiger partial charge in [-0.05, 0) is 97.2 Å². The van der Waals surface area contributed by atoms with E-state index < -0.39 is 0 Å². The van der Waals surface area contributed by atoms with E-state index in [1.165, 1.54) is 51.4 Å². The minimum Gasteiger partial charge on any atom is -0.396 e. The Hall–Kier alpha value is -0.0800. The summed E-state index contributed by atoms with van der Waals surface area (Å²) in [6.07, 6.45) is 12.7. The zero-order chi connectivity index (χ0) is 19.4. The van der Waals surface area contributed by atoms with E-state index in [2.05, 4.69) is 27.7 Å². The van der Waals surface area contributed by atoms with Crippen LogP contribution in [0, 0.1) is 52.3 Å². The molecule has 10 atom stereocenters. The minimum atomic E-state index is -0.110. The van der Waals surface area contributed by atoms with Gasteiger partial charge >= 0.3 is 0 Å². The molecular weight excluding hydrogens is 332 g/mol. The fraction of sp³-hybridized carbons (Fsp3) is 1.00. The molecule has 0 heterocycles. The molecule has 156 valence electrons. The summed E-state index contributed by atoms with van der Waals surface area (Å²) in [5.41, 5.74) is 0.655. The first-order valence-corrected chi connectivity index (χ1v) is 12.2. The number of aliphatic hydroxyl groups is 2. The van der Waals surface area contributed by atoms with E-state index >= 15 is 0 Å². The number of aliphatic hydroxyl groups excluding tert-OH is 2. The molecule has 4 rings (SSSR count). The summed E-state index contributed by atoms with van der Waals surface area (Å²) in [4.78, 5) is 0. The van der Waals surface area contributed by atoms with Gasteiger partial charge in [-0.1, -0.05) is 47.0 Å². The summed E-state index contributed by atoms with van der Waals surface area (Å²) in [6.45, 7) is 10.2. The summed E-state index contributed by atoms with van der Waals surface area (Å²) in [5.74, 6) is 5.05. The molecule has 2 N–H and O–H groups in total. The van der Waals surface area contributed by atoms with Gasteiger partial charge in [0.05, 0.1) is 6.10 Å². The van der Waals surface area contributed by atoms with E-state index in [1.54, 1.807) is 0 Å². The highest BCUT2D eigenvalue weighted by atomic mass is 16.3. The van der Waals surface area contributed by atoms with Crippen molar-refractivity contribution in [1.29, 1.82) is 0 Å². The molecular formula is C25H44O2. The van der Waals surface area contributed by atoms with Crippen LogP contribution in [0.15, 0.2) is 0 Å². The van der Waals surface area contributed by atoms with Crippen molar-refractivity contribution in [3.8, 4) is 0 Å². The molecule has 27 heavy (non-hydrogen) atoms. The van der Waals surface area contributed by atoms with Crippen molar-refractivity contribution >= 4 is 0 Å². The number of fused-ring (bicyclic) bond motifs is 5. The van der Waals surface area contributed by atoms with Gasteiger partial charge in [-0.3, -0.25) is 0 Å². The maximum atomic E-state index is 11.6. The molecule has 4 saturated carbocycles. The zero-order valence-electron chi connectivity index (χ0n) is 18.3. The molecule has 0 aromatic rings. The second kappa shape index (κ2) is 7.31. The average molecular weight is 377 g/mol. The van der Waals surface area contributed by atoms with Crippen LogP contribution in [0.1, 0.15) is 91.9 Å². The number of rotatable bonds is 4. The molecule has 2 nitrogen and oxygen atoms in total. The Morgan fingerprint density at radius 1 is 1.04 bits per heavy atom. The highest BCUT2D eigenvalue weighted by molar-refractivity contribution is 5.13. The zero-order valence-corrected chi connectivity index (χ0v) is 18.3. The van der Waals surface area contributed by atoms with Gasteiger partial charge in [0.1, 0.15) is 0 Å². The predicted molar refractivity (Wildman–Crippen MR) is 111 cm³/mol. The lowest BCUT2D eigenvalue weighted by Gasteiger charge is -2.64. The van der Waals surface area contributed by atoms with Crippen molar-refractivity contribution in [3.63, 3.8) is 0 Å². The molecule has 4 aliphatic rings. The van der Waals surface area contributed by atoms with Crippen LogP contribution < -0.4 is 0 Å². The Morgan fingerprint density at radius 2 is 1.81 bits per heavy atom. The third kappa shape index (κ3) is 2.95. The molecule has 0 bridgehead atoms. The van der Waals surface area contributed by atoms with Crippen LogP contribution in [-0.4, -0.2) is 22.9 Å². The van der Waals surface area contributed by atoms with E-state index in [0.717, 1.165) is 36.5 Å². The Labute approximate surface area is 167 Å². The van der Waals surface area contributed by atoms with Crippen molar-refractivity contribution in [2.45, 2.75) is 98.0 Å². The highest BCUT2D eigenvalue weighted by Crippen LogP contribution is 2.69. The van der Waals surface area contributed by atoms with Crippen molar-refractivity contribution < 1.29 is 10.2 Å². The first-order chi connectivity index (χ1) is 12.9. The smallest absolute Gasteiger partial charge is 0.0581 e. The van der Waals surface area contributed by atoms with Crippen LogP contribution in [0.3, 0.4) is 0 Å². The van der Waals surface area contributed by atoms with Crippen molar-refractivity contribution in [2.24, 2.45) is 52.3 Å². The van der Waals surface area contributed by atoms with Gasteiger partial charge < -0.3 is 10.2 Å². The summed E-state index contributed by atoms with van der Waals surface area (Å²) in [6, 6.07) is 0. The van der Waals surface area contributed by atoms with Gasteiger partial charge in [-0.15, -0.1) is 0 Å². The number of hydrogen-bond donors (Lipinski definition) is 2. The normalized spacial score (nSPS) is 53.3.